The molecule has 0 unspecified atom stereocenters. The zero-order valence-corrected chi connectivity index (χ0v) is 8.92. The van der Waals surface area contributed by atoms with Crippen LogP contribution in [-0.2, 0) is 16.5 Å². The van der Waals surface area contributed by atoms with E-state index in [2.05, 4.69) is 0 Å². The smallest absolute Gasteiger partial charge is 0.264 e. The van der Waals surface area contributed by atoms with E-state index >= 15 is 0 Å². The fraction of sp³-hybridized carbons (Fsp3) is 0.400. The maximum atomic E-state index is 10.4. The molecule has 0 spiro atoms. The molecule has 0 fully saturated rings. The van der Waals surface area contributed by atoms with Gasteiger partial charge in [0.1, 0.15) is 0 Å². The van der Waals surface area contributed by atoms with Crippen molar-refractivity contribution >= 4 is 10.1 Å². The lowest BCUT2D eigenvalue weighted by molar-refractivity contribution is 0.481. The van der Waals surface area contributed by atoms with Gasteiger partial charge < -0.3 is 0 Å². The fourth-order valence-electron chi connectivity index (χ4n) is 1.21. The number of hydrogen-bond donors (Lipinski definition) is 1. The Hall–Kier alpha value is -0.870. The van der Waals surface area contributed by atoms with Crippen LogP contribution >= 0.6 is 0 Å². The van der Waals surface area contributed by atoms with Crippen molar-refractivity contribution in [2.75, 3.05) is 5.75 Å². The average molecular weight is 214 g/mol. The summed E-state index contributed by atoms with van der Waals surface area (Å²) in [5, 5.41) is 0. The molecule has 1 aromatic rings. The highest BCUT2D eigenvalue weighted by molar-refractivity contribution is 7.85. The van der Waals surface area contributed by atoms with E-state index < -0.39 is 10.1 Å². The van der Waals surface area contributed by atoms with Crippen molar-refractivity contribution in [1.29, 1.82) is 0 Å². The third-order valence-corrected chi connectivity index (χ3v) is 2.79. The highest BCUT2D eigenvalue weighted by Crippen LogP contribution is 2.06. The quantitative estimate of drug-likeness (QED) is 0.778. The lowest BCUT2D eigenvalue weighted by Gasteiger charge is -2.00. The van der Waals surface area contributed by atoms with Crippen LogP contribution in [0.25, 0.3) is 0 Å². The molecule has 0 radical (unpaired) electrons. The maximum absolute atomic E-state index is 10.4. The molecule has 0 heterocycles. The van der Waals surface area contributed by atoms with E-state index in [1.54, 1.807) is 0 Å². The van der Waals surface area contributed by atoms with Gasteiger partial charge in [0.2, 0.25) is 0 Å². The minimum Gasteiger partial charge on any atom is -0.286 e. The average Bonchev–Trinajstić information content (AvgIpc) is 2.06. The molecule has 0 amide bonds. The molecule has 1 N–H and O–H groups in total. The van der Waals surface area contributed by atoms with Gasteiger partial charge in [-0.1, -0.05) is 29.8 Å². The van der Waals surface area contributed by atoms with E-state index in [-0.39, 0.29) is 5.75 Å². The molecular weight excluding hydrogens is 200 g/mol. The number of aryl methyl sites for hydroxylation is 2. The zero-order chi connectivity index (χ0) is 10.6. The Kier molecular flexibility index (Phi) is 3.66. The van der Waals surface area contributed by atoms with Crippen LogP contribution < -0.4 is 0 Å². The van der Waals surface area contributed by atoms with Crippen molar-refractivity contribution in [3.8, 4) is 0 Å². The summed E-state index contributed by atoms with van der Waals surface area (Å²) >= 11 is 0. The molecule has 0 aliphatic rings. The van der Waals surface area contributed by atoms with Crippen molar-refractivity contribution in [3.63, 3.8) is 0 Å². The lowest BCUT2D eigenvalue weighted by Crippen LogP contribution is -2.04. The molecule has 0 saturated heterocycles. The predicted octanol–water partition coefficient (Wildman–Crippen LogP) is 1.82. The number of rotatable bonds is 4. The molecular formula is C10H14O3S. The third kappa shape index (κ3) is 4.39. The Morgan fingerprint density at radius 3 is 2.29 bits per heavy atom. The van der Waals surface area contributed by atoms with Crippen molar-refractivity contribution < 1.29 is 13.0 Å². The van der Waals surface area contributed by atoms with E-state index in [0.717, 1.165) is 5.56 Å². The molecule has 0 aliphatic carbocycles. The molecule has 0 bridgehead atoms. The molecule has 1 rings (SSSR count). The zero-order valence-electron chi connectivity index (χ0n) is 8.10. The van der Waals surface area contributed by atoms with Crippen LogP contribution in [0.1, 0.15) is 17.5 Å². The molecule has 78 valence electrons. The van der Waals surface area contributed by atoms with Gasteiger partial charge in [-0.3, -0.25) is 4.55 Å². The SMILES string of the molecule is Cc1ccc(CCCS(=O)(=O)O)cc1. The van der Waals surface area contributed by atoms with Crippen LogP contribution in [-0.4, -0.2) is 18.7 Å². The number of benzene rings is 1. The second-order valence-corrected chi connectivity index (χ2v) is 4.95. The van der Waals surface area contributed by atoms with Crippen molar-refractivity contribution in [3.05, 3.63) is 35.4 Å². The van der Waals surface area contributed by atoms with E-state index in [1.165, 1.54) is 5.56 Å². The van der Waals surface area contributed by atoms with E-state index in [4.69, 9.17) is 4.55 Å². The highest BCUT2D eigenvalue weighted by atomic mass is 32.2. The van der Waals surface area contributed by atoms with Crippen LogP contribution in [0, 0.1) is 6.92 Å². The summed E-state index contributed by atoms with van der Waals surface area (Å²) in [7, 11) is -3.80. The second kappa shape index (κ2) is 4.57. The van der Waals surface area contributed by atoms with Gasteiger partial charge in [-0.15, -0.1) is 0 Å². The summed E-state index contributed by atoms with van der Waals surface area (Å²) in [6, 6.07) is 7.92. The summed E-state index contributed by atoms with van der Waals surface area (Å²) in [5.41, 5.74) is 2.28. The van der Waals surface area contributed by atoms with Crippen LogP contribution in [0.2, 0.25) is 0 Å². The standard InChI is InChI=1S/C10H14O3S/c1-9-4-6-10(7-5-9)3-2-8-14(11,12)13/h4-7H,2-3,8H2,1H3,(H,11,12,13). The van der Waals surface area contributed by atoms with Crippen LogP contribution in [0.15, 0.2) is 24.3 Å². The Morgan fingerprint density at radius 2 is 1.79 bits per heavy atom. The summed E-state index contributed by atoms with van der Waals surface area (Å²) < 4.78 is 29.4. The Labute approximate surface area is 84.5 Å². The van der Waals surface area contributed by atoms with E-state index in [9.17, 15) is 8.42 Å². The first-order valence-corrected chi connectivity index (χ1v) is 6.09. The van der Waals surface area contributed by atoms with E-state index in [0.29, 0.717) is 12.8 Å². The topological polar surface area (TPSA) is 54.4 Å². The Balaban J connectivity index is 2.43. The molecule has 0 aromatic heterocycles. The first-order valence-electron chi connectivity index (χ1n) is 4.48. The fourth-order valence-corrected chi connectivity index (χ4v) is 1.72. The lowest BCUT2D eigenvalue weighted by atomic mass is 10.1. The first kappa shape index (κ1) is 11.2. The normalized spacial score (nSPS) is 11.6. The summed E-state index contributed by atoms with van der Waals surface area (Å²) in [6.45, 7) is 2.00. The molecule has 0 saturated carbocycles. The minimum absolute atomic E-state index is 0.166. The first-order chi connectivity index (χ1) is 6.47. The second-order valence-electron chi connectivity index (χ2n) is 3.38. The highest BCUT2D eigenvalue weighted by Gasteiger charge is 2.03. The molecule has 4 heteroatoms. The van der Waals surface area contributed by atoms with Crippen molar-refractivity contribution in [2.45, 2.75) is 19.8 Å². The molecule has 1 aromatic carbocycles. The minimum atomic E-state index is -3.80. The molecule has 0 atom stereocenters. The van der Waals surface area contributed by atoms with Crippen LogP contribution in [0.5, 0.6) is 0 Å². The third-order valence-electron chi connectivity index (χ3n) is 1.99. The van der Waals surface area contributed by atoms with Gasteiger partial charge in [0, 0.05) is 0 Å². The van der Waals surface area contributed by atoms with Gasteiger partial charge in [0.25, 0.3) is 10.1 Å². The summed E-state index contributed by atoms with van der Waals surface area (Å²) in [6.07, 6.45) is 1.14. The molecule has 0 aliphatic heterocycles. The van der Waals surface area contributed by atoms with Crippen LogP contribution in [0.3, 0.4) is 0 Å². The van der Waals surface area contributed by atoms with Crippen LogP contribution in [0.4, 0.5) is 0 Å². The maximum Gasteiger partial charge on any atom is 0.264 e. The number of hydrogen-bond acceptors (Lipinski definition) is 2. The summed E-state index contributed by atoms with van der Waals surface area (Å²) in [5.74, 6) is -0.166. The Morgan fingerprint density at radius 1 is 1.21 bits per heavy atom. The van der Waals surface area contributed by atoms with Gasteiger partial charge in [0.15, 0.2) is 0 Å². The predicted molar refractivity (Wildman–Crippen MR) is 55.9 cm³/mol. The van der Waals surface area contributed by atoms with Gasteiger partial charge in [-0.25, -0.2) is 0 Å². The Bertz CT molecular complexity index is 378. The van der Waals surface area contributed by atoms with E-state index in [1.807, 2.05) is 31.2 Å². The molecule has 3 nitrogen and oxygen atoms in total. The van der Waals surface area contributed by atoms with Crippen molar-refractivity contribution in [2.24, 2.45) is 0 Å². The van der Waals surface area contributed by atoms with Gasteiger partial charge >= 0.3 is 0 Å². The largest absolute Gasteiger partial charge is 0.286 e. The summed E-state index contributed by atoms with van der Waals surface area (Å²) in [4.78, 5) is 0. The van der Waals surface area contributed by atoms with Gasteiger partial charge in [-0.05, 0) is 25.3 Å². The van der Waals surface area contributed by atoms with Gasteiger partial charge in [-0.2, -0.15) is 8.42 Å². The van der Waals surface area contributed by atoms with Crippen molar-refractivity contribution in [1.82, 2.24) is 0 Å². The molecule has 14 heavy (non-hydrogen) atoms. The van der Waals surface area contributed by atoms with Gasteiger partial charge in [0.05, 0.1) is 5.75 Å². The monoisotopic (exact) mass is 214 g/mol.